The van der Waals surface area contributed by atoms with Crippen LogP contribution in [-0.4, -0.2) is 10.6 Å². The minimum Gasteiger partial charge on any atom is -0.347 e. The van der Waals surface area contributed by atoms with Crippen LogP contribution in [0.25, 0.3) is 21.3 Å². The molecule has 0 bridgehead atoms. The van der Waals surface area contributed by atoms with Gasteiger partial charge < -0.3 is 4.57 Å². The Kier molecular flexibility index (Phi) is 3.76. The minimum atomic E-state index is -0.164. The molecule has 2 rings (SSSR count). The summed E-state index contributed by atoms with van der Waals surface area (Å²) in [7, 11) is 0. The van der Waals surface area contributed by atoms with Crippen LogP contribution in [0, 0.1) is 5.82 Å². The molecular formula is C14H17FN4. The van der Waals surface area contributed by atoms with Gasteiger partial charge in [-0.05, 0) is 35.2 Å². The zero-order valence-electron chi connectivity index (χ0n) is 11.3. The van der Waals surface area contributed by atoms with Crippen LogP contribution in [0.5, 0.6) is 0 Å². The molecule has 0 radical (unpaired) electrons. The summed E-state index contributed by atoms with van der Waals surface area (Å²) in [4.78, 5) is 2.81. The van der Waals surface area contributed by atoms with E-state index in [2.05, 4.69) is 10.0 Å². The summed E-state index contributed by atoms with van der Waals surface area (Å²) in [5.74, 6) is -0.0225. The highest BCUT2D eigenvalue weighted by Gasteiger charge is 2.11. The third-order valence-corrected chi connectivity index (χ3v) is 3.22. The average Bonchev–Trinajstić information content (AvgIpc) is 2.70. The quantitative estimate of drug-likeness (QED) is 0.438. The lowest BCUT2D eigenvalue weighted by atomic mass is 10.0. The second kappa shape index (κ2) is 5.33. The minimum absolute atomic E-state index is 0.131. The Labute approximate surface area is 111 Å². The molecule has 1 unspecified atom stereocenters. The molecule has 0 spiro atoms. The van der Waals surface area contributed by atoms with Gasteiger partial charge >= 0.3 is 0 Å². The summed E-state index contributed by atoms with van der Waals surface area (Å²) in [6, 6.07) is 5.20. The fourth-order valence-corrected chi connectivity index (χ4v) is 2.24. The molecule has 0 amide bonds. The van der Waals surface area contributed by atoms with Crippen LogP contribution in [0.4, 0.5) is 4.39 Å². The van der Waals surface area contributed by atoms with Crippen molar-refractivity contribution in [1.82, 2.24) is 4.57 Å². The van der Waals surface area contributed by atoms with Crippen LogP contribution in [0.1, 0.15) is 32.3 Å². The Morgan fingerprint density at radius 3 is 2.74 bits per heavy atom. The highest BCUT2D eigenvalue weighted by Crippen LogP contribution is 2.25. The summed E-state index contributed by atoms with van der Waals surface area (Å²) >= 11 is 0. The van der Waals surface area contributed by atoms with Crippen molar-refractivity contribution in [3.05, 3.63) is 46.2 Å². The molecule has 1 aromatic carbocycles. The van der Waals surface area contributed by atoms with Crippen molar-refractivity contribution < 1.29 is 4.39 Å². The lowest BCUT2D eigenvalue weighted by Gasteiger charge is -2.11. The molecular weight excluding hydrogens is 243 g/mol. The number of hydrogen-bond acceptors (Lipinski definition) is 1. The van der Waals surface area contributed by atoms with Crippen molar-refractivity contribution in [3.8, 4) is 0 Å². The zero-order valence-corrected chi connectivity index (χ0v) is 11.3. The van der Waals surface area contributed by atoms with E-state index in [0.717, 1.165) is 10.9 Å². The van der Waals surface area contributed by atoms with Gasteiger partial charge in [-0.2, -0.15) is 0 Å². The molecule has 2 aromatic rings. The summed E-state index contributed by atoms with van der Waals surface area (Å²) in [6.07, 6.45) is 1.90. The van der Waals surface area contributed by atoms with Gasteiger partial charge in [0.25, 0.3) is 0 Å². The standard InChI is InChI=1S/C14H17FN4/c1-9(2)12-7-14-11(6-13(12)15)4-5-19(14)8-10(3)17-18-16/h4-7,9-10H,8H2,1-3H3. The molecule has 1 heterocycles. The Morgan fingerprint density at radius 1 is 1.37 bits per heavy atom. The second-order valence-corrected chi connectivity index (χ2v) is 5.11. The van der Waals surface area contributed by atoms with Crippen LogP contribution >= 0.6 is 0 Å². The molecule has 0 saturated heterocycles. The summed E-state index contributed by atoms with van der Waals surface area (Å²) < 4.78 is 15.9. The van der Waals surface area contributed by atoms with Gasteiger partial charge in [0.2, 0.25) is 0 Å². The van der Waals surface area contributed by atoms with Crippen molar-refractivity contribution in [3.63, 3.8) is 0 Å². The maximum absolute atomic E-state index is 13.9. The fourth-order valence-electron chi connectivity index (χ4n) is 2.24. The van der Waals surface area contributed by atoms with Gasteiger partial charge in [-0.1, -0.05) is 25.9 Å². The predicted octanol–water partition coefficient (Wildman–Crippen LogP) is 4.60. The Bertz CT molecular complexity index is 638. The Balaban J connectivity index is 2.46. The first-order valence-corrected chi connectivity index (χ1v) is 6.35. The van der Waals surface area contributed by atoms with Gasteiger partial charge in [0.15, 0.2) is 0 Å². The molecule has 4 nitrogen and oxygen atoms in total. The molecule has 5 heteroatoms. The van der Waals surface area contributed by atoms with Gasteiger partial charge in [0.05, 0.1) is 6.04 Å². The maximum atomic E-state index is 13.9. The lowest BCUT2D eigenvalue weighted by molar-refractivity contribution is 0.594. The Morgan fingerprint density at radius 2 is 2.11 bits per heavy atom. The number of hydrogen-bond donors (Lipinski definition) is 0. The predicted molar refractivity (Wildman–Crippen MR) is 74.6 cm³/mol. The van der Waals surface area contributed by atoms with Gasteiger partial charge in [0.1, 0.15) is 5.82 Å². The van der Waals surface area contributed by atoms with Crippen molar-refractivity contribution >= 4 is 10.9 Å². The molecule has 0 fully saturated rings. The summed E-state index contributed by atoms with van der Waals surface area (Å²) in [5.41, 5.74) is 10.1. The third kappa shape index (κ3) is 2.71. The van der Waals surface area contributed by atoms with E-state index in [1.807, 2.05) is 43.7 Å². The number of halogens is 1. The largest absolute Gasteiger partial charge is 0.347 e. The first kappa shape index (κ1) is 13.4. The average molecular weight is 260 g/mol. The van der Waals surface area contributed by atoms with Crippen molar-refractivity contribution in [2.45, 2.75) is 39.3 Å². The number of benzene rings is 1. The SMILES string of the molecule is CC(Cn1ccc2cc(F)c(C(C)C)cc21)N=[N+]=[N-]. The highest BCUT2D eigenvalue weighted by molar-refractivity contribution is 5.81. The molecule has 0 aliphatic heterocycles. The smallest absolute Gasteiger partial charge is 0.127 e. The zero-order chi connectivity index (χ0) is 14.0. The van der Waals surface area contributed by atoms with Crippen molar-refractivity contribution in [2.75, 3.05) is 0 Å². The van der Waals surface area contributed by atoms with Crippen LogP contribution in [0.3, 0.4) is 0 Å². The van der Waals surface area contributed by atoms with E-state index in [0.29, 0.717) is 12.1 Å². The third-order valence-electron chi connectivity index (χ3n) is 3.22. The van der Waals surface area contributed by atoms with Crippen LogP contribution in [0.2, 0.25) is 0 Å². The number of aromatic nitrogens is 1. The first-order chi connectivity index (χ1) is 9.02. The van der Waals surface area contributed by atoms with E-state index in [4.69, 9.17) is 5.53 Å². The molecule has 19 heavy (non-hydrogen) atoms. The van der Waals surface area contributed by atoms with Crippen molar-refractivity contribution in [2.24, 2.45) is 5.11 Å². The molecule has 1 aromatic heterocycles. The van der Waals surface area contributed by atoms with Crippen LogP contribution in [0.15, 0.2) is 29.5 Å². The molecule has 0 aliphatic rings. The summed E-state index contributed by atoms with van der Waals surface area (Å²) in [5, 5.41) is 4.54. The highest BCUT2D eigenvalue weighted by atomic mass is 19.1. The number of nitrogens with zero attached hydrogens (tertiary/aromatic N) is 4. The van der Waals surface area contributed by atoms with Gasteiger partial charge in [-0.25, -0.2) is 4.39 Å². The summed E-state index contributed by atoms with van der Waals surface area (Å²) in [6.45, 7) is 6.40. The molecule has 1 atom stereocenters. The molecule has 100 valence electrons. The van der Waals surface area contributed by atoms with Gasteiger partial charge in [-0.15, -0.1) is 0 Å². The van der Waals surface area contributed by atoms with E-state index in [-0.39, 0.29) is 17.8 Å². The van der Waals surface area contributed by atoms with E-state index in [1.165, 1.54) is 0 Å². The second-order valence-electron chi connectivity index (χ2n) is 5.11. The Hall–Kier alpha value is -2.00. The lowest BCUT2D eigenvalue weighted by Crippen LogP contribution is -2.08. The first-order valence-electron chi connectivity index (χ1n) is 6.35. The topological polar surface area (TPSA) is 53.7 Å². The molecule has 0 saturated carbocycles. The monoisotopic (exact) mass is 260 g/mol. The fraction of sp³-hybridized carbons (Fsp3) is 0.429. The van der Waals surface area contributed by atoms with E-state index >= 15 is 0 Å². The van der Waals surface area contributed by atoms with E-state index < -0.39 is 0 Å². The molecule has 0 aliphatic carbocycles. The van der Waals surface area contributed by atoms with E-state index in [9.17, 15) is 4.39 Å². The van der Waals surface area contributed by atoms with Crippen molar-refractivity contribution in [1.29, 1.82) is 0 Å². The van der Waals surface area contributed by atoms with Crippen LogP contribution < -0.4 is 0 Å². The number of rotatable bonds is 4. The van der Waals surface area contributed by atoms with Crippen LogP contribution in [-0.2, 0) is 6.54 Å². The number of fused-ring (bicyclic) bond motifs is 1. The molecule has 0 N–H and O–H groups in total. The number of azide groups is 1. The van der Waals surface area contributed by atoms with Gasteiger partial charge in [-0.3, -0.25) is 0 Å². The van der Waals surface area contributed by atoms with E-state index in [1.54, 1.807) is 6.07 Å². The van der Waals surface area contributed by atoms with Gasteiger partial charge in [0, 0.05) is 28.6 Å². The normalized spacial score (nSPS) is 12.7. The maximum Gasteiger partial charge on any atom is 0.127 e.